The van der Waals surface area contributed by atoms with Gasteiger partial charge in [0.05, 0.1) is 5.97 Å². The van der Waals surface area contributed by atoms with Crippen LogP contribution >= 0.6 is 0 Å². The highest BCUT2D eigenvalue weighted by Crippen LogP contribution is 2.12. The van der Waals surface area contributed by atoms with Crippen LogP contribution in [0.1, 0.15) is 5.56 Å². The zero-order chi connectivity index (χ0) is 11.1. The van der Waals surface area contributed by atoms with Crippen molar-refractivity contribution >= 4 is 12.0 Å². The summed E-state index contributed by atoms with van der Waals surface area (Å²) < 4.78 is 5.02. The molecule has 15 heavy (non-hydrogen) atoms. The molecule has 0 radical (unpaired) electrons. The van der Waals surface area contributed by atoms with Crippen LogP contribution in [0.5, 0.6) is 5.75 Å². The first-order chi connectivity index (χ1) is 7.22. The van der Waals surface area contributed by atoms with Crippen LogP contribution in [0.15, 0.2) is 30.3 Å². The number of carboxylic acids is 1. The summed E-state index contributed by atoms with van der Waals surface area (Å²) in [5.74, 6) is -0.665. The van der Waals surface area contributed by atoms with E-state index in [2.05, 4.69) is 0 Å². The molecule has 1 rings (SSSR count). The van der Waals surface area contributed by atoms with E-state index in [0.717, 1.165) is 11.6 Å². The lowest BCUT2D eigenvalue weighted by Gasteiger charge is -2.01. The second-order valence-electron chi connectivity index (χ2n) is 2.67. The van der Waals surface area contributed by atoms with Gasteiger partial charge >= 0.3 is 0 Å². The van der Waals surface area contributed by atoms with Gasteiger partial charge in [0.15, 0.2) is 6.61 Å². The third-order valence-corrected chi connectivity index (χ3v) is 1.60. The van der Waals surface area contributed by atoms with Crippen LogP contribution in [-0.2, 0) is 4.79 Å². The van der Waals surface area contributed by atoms with Gasteiger partial charge in [0, 0.05) is 0 Å². The van der Waals surface area contributed by atoms with Crippen LogP contribution in [0, 0.1) is 11.3 Å². The van der Waals surface area contributed by atoms with Gasteiger partial charge in [0.2, 0.25) is 0 Å². The van der Waals surface area contributed by atoms with Crippen LogP contribution in [0.3, 0.4) is 0 Å². The standard InChI is InChI=1S/C11H9NO3/c12-7-8-15-10-4-1-9(2-5-10)3-6-11(13)14/h1-6H,8H2,(H,13,14)/p-1/b6-3+. The molecule has 76 valence electrons. The number of ether oxygens (including phenoxy) is 1. The van der Waals surface area contributed by atoms with Crippen LogP contribution < -0.4 is 9.84 Å². The van der Waals surface area contributed by atoms with Gasteiger partial charge in [0.25, 0.3) is 0 Å². The Morgan fingerprint density at radius 2 is 2.13 bits per heavy atom. The minimum Gasteiger partial charge on any atom is -0.545 e. The summed E-state index contributed by atoms with van der Waals surface area (Å²) in [4.78, 5) is 10.1. The highest BCUT2D eigenvalue weighted by atomic mass is 16.5. The molecule has 0 bridgehead atoms. The molecule has 0 spiro atoms. The van der Waals surface area contributed by atoms with Gasteiger partial charge in [0.1, 0.15) is 11.8 Å². The predicted octanol–water partition coefficient (Wildman–Crippen LogP) is 0.352. The maximum absolute atomic E-state index is 10.1. The molecule has 0 saturated carbocycles. The fourth-order valence-electron chi connectivity index (χ4n) is 0.955. The summed E-state index contributed by atoms with van der Waals surface area (Å²) in [6.45, 7) is -0.00572. The SMILES string of the molecule is N#CCOc1ccc(/C=C/C(=O)[O-])cc1. The highest BCUT2D eigenvalue weighted by molar-refractivity contribution is 5.83. The van der Waals surface area contributed by atoms with E-state index >= 15 is 0 Å². The van der Waals surface area contributed by atoms with Crippen molar-refractivity contribution < 1.29 is 14.6 Å². The molecule has 0 amide bonds. The normalized spacial score (nSPS) is 9.80. The van der Waals surface area contributed by atoms with Crippen molar-refractivity contribution in [1.82, 2.24) is 0 Å². The summed E-state index contributed by atoms with van der Waals surface area (Å²) in [6, 6.07) is 8.54. The summed E-state index contributed by atoms with van der Waals surface area (Å²) in [5, 5.41) is 18.4. The number of benzene rings is 1. The van der Waals surface area contributed by atoms with Crippen molar-refractivity contribution in [3.8, 4) is 11.8 Å². The number of aliphatic carboxylic acids is 1. The second-order valence-corrected chi connectivity index (χ2v) is 2.67. The summed E-state index contributed by atoms with van der Waals surface area (Å²) >= 11 is 0. The Bertz CT molecular complexity index is 401. The van der Waals surface area contributed by atoms with E-state index in [1.807, 2.05) is 6.07 Å². The van der Waals surface area contributed by atoms with Crippen LogP contribution in [0.25, 0.3) is 6.08 Å². The topological polar surface area (TPSA) is 73.1 Å². The third-order valence-electron chi connectivity index (χ3n) is 1.60. The molecule has 4 heteroatoms. The molecule has 0 aromatic heterocycles. The number of hydrogen-bond donors (Lipinski definition) is 0. The molecule has 0 aliphatic carbocycles. The van der Waals surface area contributed by atoms with Crippen molar-refractivity contribution in [1.29, 1.82) is 5.26 Å². The van der Waals surface area contributed by atoms with Crippen molar-refractivity contribution in [3.63, 3.8) is 0 Å². The van der Waals surface area contributed by atoms with Crippen LogP contribution in [0.2, 0.25) is 0 Å². The van der Waals surface area contributed by atoms with Gasteiger partial charge in [-0.15, -0.1) is 0 Å². The molecular weight excluding hydrogens is 194 g/mol. The summed E-state index contributed by atoms with van der Waals surface area (Å²) in [7, 11) is 0. The van der Waals surface area contributed by atoms with Crippen LogP contribution in [-0.4, -0.2) is 12.6 Å². The first-order valence-corrected chi connectivity index (χ1v) is 4.21. The minimum atomic E-state index is -1.24. The molecule has 0 atom stereocenters. The zero-order valence-electron chi connectivity index (χ0n) is 7.84. The number of hydrogen-bond acceptors (Lipinski definition) is 4. The molecule has 1 aromatic carbocycles. The fraction of sp³-hybridized carbons (Fsp3) is 0.0909. The Balaban J connectivity index is 2.64. The lowest BCUT2D eigenvalue weighted by molar-refractivity contribution is -0.297. The van der Waals surface area contributed by atoms with Gasteiger partial charge in [-0.2, -0.15) is 5.26 Å². The van der Waals surface area contributed by atoms with Gasteiger partial charge < -0.3 is 14.6 Å². The largest absolute Gasteiger partial charge is 0.545 e. The van der Waals surface area contributed by atoms with E-state index in [1.54, 1.807) is 24.3 Å². The van der Waals surface area contributed by atoms with Crippen molar-refractivity contribution in [2.24, 2.45) is 0 Å². The lowest BCUT2D eigenvalue weighted by Crippen LogP contribution is -2.18. The molecule has 0 aliphatic rings. The Morgan fingerprint density at radius 3 is 2.67 bits per heavy atom. The minimum absolute atomic E-state index is 0.00572. The third kappa shape index (κ3) is 3.96. The number of carbonyl (C=O) groups excluding carboxylic acids is 1. The smallest absolute Gasteiger partial charge is 0.174 e. The maximum Gasteiger partial charge on any atom is 0.174 e. The average Bonchev–Trinajstić information content (AvgIpc) is 2.25. The first kappa shape index (κ1) is 10.8. The number of nitriles is 1. The molecule has 4 nitrogen and oxygen atoms in total. The molecule has 0 saturated heterocycles. The van der Waals surface area contributed by atoms with Gasteiger partial charge in [-0.25, -0.2) is 0 Å². The summed E-state index contributed by atoms with van der Waals surface area (Å²) in [6.07, 6.45) is 2.37. The van der Waals surface area contributed by atoms with Gasteiger partial charge in [-0.1, -0.05) is 18.2 Å². The maximum atomic E-state index is 10.1. The van der Waals surface area contributed by atoms with Crippen molar-refractivity contribution in [2.45, 2.75) is 0 Å². The molecule has 1 aromatic rings. The van der Waals surface area contributed by atoms with Gasteiger partial charge in [-0.05, 0) is 23.8 Å². The number of carboxylic acid groups (broad SMARTS) is 1. The highest BCUT2D eigenvalue weighted by Gasteiger charge is 1.91. The molecule has 0 N–H and O–H groups in total. The first-order valence-electron chi connectivity index (χ1n) is 4.21. The quantitative estimate of drug-likeness (QED) is 0.660. The van der Waals surface area contributed by atoms with E-state index in [9.17, 15) is 9.90 Å². The molecule has 0 heterocycles. The second kappa shape index (κ2) is 5.45. The van der Waals surface area contributed by atoms with E-state index in [0.29, 0.717) is 5.75 Å². The van der Waals surface area contributed by atoms with E-state index in [1.165, 1.54) is 6.08 Å². The molecule has 0 aliphatic heterocycles. The molecular formula is C11H8NO3-. The number of nitrogens with zero attached hydrogens (tertiary/aromatic N) is 1. The lowest BCUT2D eigenvalue weighted by atomic mass is 10.2. The monoisotopic (exact) mass is 202 g/mol. The molecule has 0 fully saturated rings. The van der Waals surface area contributed by atoms with Crippen LogP contribution in [0.4, 0.5) is 0 Å². The van der Waals surface area contributed by atoms with E-state index in [4.69, 9.17) is 10.00 Å². The van der Waals surface area contributed by atoms with Gasteiger partial charge in [-0.3, -0.25) is 0 Å². The number of carbonyl (C=O) groups is 1. The van der Waals surface area contributed by atoms with Crippen molar-refractivity contribution in [2.75, 3.05) is 6.61 Å². The predicted molar refractivity (Wildman–Crippen MR) is 51.6 cm³/mol. The fourth-order valence-corrected chi connectivity index (χ4v) is 0.955. The van der Waals surface area contributed by atoms with E-state index in [-0.39, 0.29) is 6.61 Å². The van der Waals surface area contributed by atoms with E-state index < -0.39 is 5.97 Å². The average molecular weight is 202 g/mol. The van der Waals surface area contributed by atoms with Crippen molar-refractivity contribution in [3.05, 3.63) is 35.9 Å². The molecule has 0 unspecified atom stereocenters. The Kier molecular flexibility index (Phi) is 3.92. The Hall–Kier alpha value is -2.28. The summed E-state index contributed by atoms with van der Waals surface area (Å²) in [5.41, 5.74) is 0.725. The number of rotatable bonds is 4. The zero-order valence-corrected chi connectivity index (χ0v) is 7.84. The Morgan fingerprint density at radius 1 is 1.47 bits per heavy atom. The Labute approximate surface area is 87.0 Å².